The molecule has 1 N–H and O–H groups in total. The van der Waals surface area contributed by atoms with E-state index in [1.807, 2.05) is 0 Å². The number of aliphatic hydroxyl groups is 1. The Morgan fingerprint density at radius 3 is 2.44 bits per heavy atom. The molecule has 7 nitrogen and oxygen atoms in total. The third kappa shape index (κ3) is 4.72. The number of rotatable bonds is 5. The molecule has 1 saturated heterocycles. The minimum atomic E-state index is -4.96. The van der Waals surface area contributed by atoms with Gasteiger partial charge in [0.05, 0.1) is 29.3 Å². The third-order valence-corrected chi connectivity index (χ3v) is 5.72. The number of pyridine rings is 1. The SMILES string of the molecule is COc1c(Cl)cc(C)cc1/C(O)=C1\C(=O)C(=O)N(c2cccc(OC(F)(F)F)c2)C1c1ccncc1. The van der Waals surface area contributed by atoms with Gasteiger partial charge in [-0.2, -0.15) is 0 Å². The summed E-state index contributed by atoms with van der Waals surface area (Å²) in [7, 11) is 1.33. The van der Waals surface area contributed by atoms with Crippen LogP contribution in [-0.4, -0.2) is 35.3 Å². The van der Waals surface area contributed by atoms with Gasteiger partial charge in [-0.1, -0.05) is 17.7 Å². The van der Waals surface area contributed by atoms with Gasteiger partial charge in [-0.15, -0.1) is 13.2 Å². The zero-order valence-corrected chi connectivity index (χ0v) is 19.6. The van der Waals surface area contributed by atoms with Crippen LogP contribution in [0.1, 0.15) is 22.7 Å². The number of halogens is 4. The Hall–Kier alpha value is -4.05. The standard InChI is InChI=1S/C25H18ClF3N2O5/c1-13-10-17(23(35-2)18(26)11-13)21(32)19-20(14-6-8-30-9-7-14)31(24(34)22(19)33)15-4-3-5-16(12-15)36-25(27,28)29/h3-12,20,32H,1-2H3/b21-19+. The van der Waals surface area contributed by atoms with Gasteiger partial charge >= 0.3 is 6.36 Å². The molecule has 2 heterocycles. The Bertz CT molecular complexity index is 1380. The number of nitrogens with zero attached hydrogens (tertiary/aromatic N) is 2. The number of aromatic nitrogens is 1. The fraction of sp³-hybridized carbons (Fsp3) is 0.160. The lowest BCUT2D eigenvalue weighted by atomic mass is 9.95. The molecule has 0 bridgehead atoms. The molecular weight excluding hydrogens is 501 g/mol. The van der Waals surface area contributed by atoms with Gasteiger partial charge < -0.3 is 14.6 Å². The number of carbonyl (C=O) groups is 2. The minimum Gasteiger partial charge on any atom is -0.507 e. The van der Waals surface area contributed by atoms with Crippen LogP contribution in [0.3, 0.4) is 0 Å². The number of methoxy groups -OCH3 is 1. The number of ether oxygens (including phenoxy) is 2. The molecule has 1 amide bonds. The molecule has 0 aliphatic carbocycles. The highest BCUT2D eigenvalue weighted by atomic mass is 35.5. The third-order valence-electron chi connectivity index (χ3n) is 5.44. The van der Waals surface area contributed by atoms with Gasteiger partial charge in [-0.05, 0) is 54.4 Å². The maximum Gasteiger partial charge on any atom is 0.573 e. The molecule has 2 aromatic carbocycles. The predicted molar refractivity (Wildman–Crippen MR) is 125 cm³/mol. The molecule has 1 aromatic heterocycles. The van der Waals surface area contributed by atoms with E-state index in [4.69, 9.17) is 16.3 Å². The van der Waals surface area contributed by atoms with Gasteiger partial charge in [0.1, 0.15) is 17.3 Å². The second-order valence-corrected chi connectivity index (χ2v) is 8.23. The van der Waals surface area contributed by atoms with Crippen molar-refractivity contribution >= 4 is 34.7 Å². The molecular formula is C25H18ClF3N2O5. The molecule has 36 heavy (non-hydrogen) atoms. The normalized spacial score (nSPS) is 17.4. The topological polar surface area (TPSA) is 89.0 Å². The van der Waals surface area contributed by atoms with Crippen LogP contribution in [0.4, 0.5) is 18.9 Å². The summed E-state index contributed by atoms with van der Waals surface area (Å²) in [6.45, 7) is 1.72. The summed E-state index contributed by atoms with van der Waals surface area (Å²) in [5, 5.41) is 11.5. The van der Waals surface area contributed by atoms with Crippen molar-refractivity contribution in [2.45, 2.75) is 19.3 Å². The summed E-state index contributed by atoms with van der Waals surface area (Å²) in [6.07, 6.45) is -2.12. The summed E-state index contributed by atoms with van der Waals surface area (Å²) < 4.78 is 47.7. The van der Waals surface area contributed by atoms with E-state index in [1.165, 1.54) is 49.8 Å². The summed E-state index contributed by atoms with van der Waals surface area (Å²) in [5.41, 5.74) is 0.760. The van der Waals surface area contributed by atoms with Crippen molar-refractivity contribution in [3.05, 3.63) is 88.2 Å². The minimum absolute atomic E-state index is 0.0473. The fourth-order valence-electron chi connectivity index (χ4n) is 4.05. The van der Waals surface area contributed by atoms with E-state index in [9.17, 15) is 27.9 Å². The number of benzene rings is 2. The summed E-state index contributed by atoms with van der Waals surface area (Å²) in [4.78, 5) is 31.4. The highest BCUT2D eigenvalue weighted by Gasteiger charge is 2.47. The number of alkyl halides is 3. The first kappa shape index (κ1) is 25.1. The number of ketones is 1. The Kier molecular flexibility index (Phi) is 6.64. The first-order valence-electron chi connectivity index (χ1n) is 10.4. The molecule has 1 atom stereocenters. The van der Waals surface area contributed by atoms with Crippen LogP contribution in [-0.2, 0) is 9.59 Å². The number of aryl methyl sites for hydroxylation is 1. The van der Waals surface area contributed by atoms with Gasteiger partial charge in [0.25, 0.3) is 11.7 Å². The molecule has 1 fully saturated rings. The van der Waals surface area contributed by atoms with E-state index in [0.717, 1.165) is 17.0 Å². The molecule has 0 spiro atoms. The average molecular weight is 519 g/mol. The largest absolute Gasteiger partial charge is 0.573 e. The van der Waals surface area contributed by atoms with Crippen molar-refractivity contribution in [2.24, 2.45) is 0 Å². The van der Waals surface area contributed by atoms with Crippen molar-refractivity contribution in [1.29, 1.82) is 0 Å². The quantitative estimate of drug-likeness (QED) is 0.269. The number of carbonyl (C=O) groups excluding carboxylic acids is 2. The molecule has 3 aromatic rings. The van der Waals surface area contributed by atoms with Crippen LogP contribution >= 0.6 is 11.6 Å². The zero-order chi connectivity index (χ0) is 26.2. The lowest BCUT2D eigenvalue weighted by Crippen LogP contribution is -2.29. The van der Waals surface area contributed by atoms with Gasteiger partial charge in [0.2, 0.25) is 0 Å². The van der Waals surface area contributed by atoms with Crippen molar-refractivity contribution in [3.63, 3.8) is 0 Å². The second-order valence-electron chi connectivity index (χ2n) is 7.82. The summed E-state index contributed by atoms with van der Waals surface area (Å²) >= 11 is 6.26. The molecule has 1 aliphatic rings. The van der Waals surface area contributed by atoms with Gasteiger partial charge in [0.15, 0.2) is 0 Å². The van der Waals surface area contributed by atoms with Crippen LogP contribution < -0.4 is 14.4 Å². The van der Waals surface area contributed by atoms with Crippen molar-refractivity contribution < 1.29 is 37.3 Å². The Morgan fingerprint density at radius 1 is 1.11 bits per heavy atom. The van der Waals surface area contributed by atoms with E-state index < -0.39 is 35.6 Å². The molecule has 4 rings (SSSR count). The van der Waals surface area contributed by atoms with E-state index >= 15 is 0 Å². The van der Waals surface area contributed by atoms with E-state index in [0.29, 0.717) is 11.1 Å². The second kappa shape index (κ2) is 9.54. The van der Waals surface area contributed by atoms with Crippen molar-refractivity contribution in [1.82, 2.24) is 4.98 Å². The molecule has 1 aliphatic heterocycles. The molecule has 0 radical (unpaired) electrons. The molecule has 1 unspecified atom stereocenters. The highest BCUT2D eigenvalue weighted by Crippen LogP contribution is 2.45. The van der Waals surface area contributed by atoms with E-state index in [2.05, 4.69) is 9.72 Å². The fourth-order valence-corrected chi connectivity index (χ4v) is 4.40. The van der Waals surface area contributed by atoms with Crippen LogP contribution in [0.2, 0.25) is 5.02 Å². The smallest absolute Gasteiger partial charge is 0.507 e. The number of anilines is 1. The van der Waals surface area contributed by atoms with Gasteiger partial charge in [-0.25, -0.2) is 0 Å². The van der Waals surface area contributed by atoms with Gasteiger partial charge in [-0.3, -0.25) is 19.5 Å². The van der Waals surface area contributed by atoms with Crippen LogP contribution in [0.15, 0.2) is 66.5 Å². The van der Waals surface area contributed by atoms with Crippen molar-refractivity contribution in [2.75, 3.05) is 12.0 Å². The lowest BCUT2D eigenvalue weighted by molar-refractivity contribution is -0.274. The van der Waals surface area contributed by atoms with Crippen LogP contribution in [0.25, 0.3) is 5.76 Å². The van der Waals surface area contributed by atoms with E-state index in [-0.39, 0.29) is 27.6 Å². The summed E-state index contributed by atoms with van der Waals surface area (Å²) in [5.74, 6) is -3.15. The predicted octanol–water partition coefficient (Wildman–Crippen LogP) is 5.58. The Labute approximate surface area is 208 Å². The lowest BCUT2D eigenvalue weighted by Gasteiger charge is -2.26. The zero-order valence-electron chi connectivity index (χ0n) is 18.8. The highest BCUT2D eigenvalue weighted by molar-refractivity contribution is 6.51. The summed E-state index contributed by atoms with van der Waals surface area (Å²) in [6, 6.07) is 9.64. The van der Waals surface area contributed by atoms with Crippen LogP contribution in [0.5, 0.6) is 11.5 Å². The first-order valence-corrected chi connectivity index (χ1v) is 10.8. The Morgan fingerprint density at radius 2 is 1.81 bits per heavy atom. The van der Waals surface area contributed by atoms with E-state index in [1.54, 1.807) is 13.0 Å². The molecule has 11 heteroatoms. The number of hydrogen-bond donors (Lipinski definition) is 1. The maximum absolute atomic E-state index is 13.3. The first-order chi connectivity index (χ1) is 17.0. The monoisotopic (exact) mass is 518 g/mol. The van der Waals surface area contributed by atoms with Crippen molar-refractivity contribution in [3.8, 4) is 11.5 Å². The number of aliphatic hydroxyl groups excluding tert-OH is 1. The molecule has 186 valence electrons. The maximum atomic E-state index is 13.3. The molecule has 0 saturated carbocycles. The number of amides is 1. The number of Topliss-reactive ketones (excluding diaryl/α,β-unsaturated/α-hetero) is 1. The van der Waals surface area contributed by atoms with Gasteiger partial charge in [0, 0.05) is 24.1 Å². The number of hydrogen-bond acceptors (Lipinski definition) is 6. The van der Waals surface area contributed by atoms with Crippen LogP contribution in [0, 0.1) is 6.92 Å². The average Bonchev–Trinajstić information content (AvgIpc) is 3.08. The Balaban J connectivity index is 1.95.